The molecule has 1 aliphatic rings. The number of likely N-dealkylation sites (N-methyl/N-ethyl adjacent to an activating group) is 2. The van der Waals surface area contributed by atoms with Crippen LogP contribution in [0.5, 0.6) is 5.75 Å². The topological polar surface area (TPSA) is 130 Å². The summed E-state index contributed by atoms with van der Waals surface area (Å²) in [6, 6.07) is 8.11. The van der Waals surface area contributed by atoms with Crippen LogP contribution in [0.3, 0.4) is 0 Å². The fourth-order valence-electron chi connectivity index (χ4n) is 4.31. The van der Waals surface area contributed by atoms with Gasteiger partial charge in [-0.25, -0.2) is 4.39 Å². The highest BCUT2D eigenvalue weighted by atomic mass is 19.1. The van der Waals surface area contributed by atoms with Gasteiger partial charge in [-0.05, 0) is 67.0 Å². The number of primary amides is 1. The van der Waals surface area contributed by atoms with Crippen molar-refractivity contribution in [3.8, 4) is 5.75 Å². The summed E-state index contributed by atoms with van der Waals surface area (Å²) in [7, 11) is 3.06. The van der Waals surface area contributed by atoms with Crippen LogP contribution in [0.1, 0.15) is 29.5 Å². The number of hydrogen-bond acceptors (Lipinski definition) is 5. The van der Waals surface area contributed by atoms with Crippen LogP contribution >= 0.6 is 0 Å². The molecule has 0 aliphatic heterocycles. The Morgan fingerprint density at radius 1 is 1.00 bits per heavy atom. The van der Waals surface area contributed by atoms with Crippen LogP contribution in [0.25, 0.3) is 0 Å². The molecule has 1 saturated carbocycles. The second-order valence-electron chi connectivity index (χ2n) is 9.36. The lowest BCUT2D eigenvalue weighted by Crippen LogP contribution is -2.57. The summed E-state index contributed by atoms with van der Waals surface area (Å²) < 4.78 is 13.2. The quantitative estimate of drug-likeness (QED) is 0.471. The number of amides is 3. The van der Waals surface area contributed by atoms with Crippen LogP contribution in [-0.4, -0.2) is 64.8 Å². The van der Waals surface area contributed by atoms with E-state index >= 15 is 0 Å². The Hall–Kier alpha value is -3.46. The first-order valence-corrected chi connectivity index (χ1v) is 11.6. The molecule has 0 unspecified atom stereocenters. The van der Waals surface area contributed by atoms with Gasteiger partial charge in [-0.3, -0.25) is 14.4 Å². The van der Waals surface area contributed by atoms with E-state index in [1.807, 2.05) is 0 Å². The van der Waals surface area contributed by atoms with Gasteiger partial charge in [-0.2, -0.15) is 0 Å². The number of aromatic hydroxyl groups is 1. The third-order valence-electron chi connectivity index (χ3n) is 6.61. The van der Waals surface area contributed by atoms with E-state index in [0.29, 0.717) is 11.1 Å². The number of nitrogens with two attached hydrogens (primary N) is 2. The van der Waals surface area contributed by atoms with E-state index in [0.717, 1.165) is 18.4 Å². The molecule has 0 radical (unpaired) electrons. The minimum atomic E-state index is -0.927. The standard InChI is InChI=1S/C26H33FN4O4/c1-15-12-17(6-11-22(15)32)14-21(24(29)33)30(2)26(35)23(18-7-8-18)31(3)25(34)20(28)13-16-4-9-19(27)10-5-16/h4-6,9-12,18,20-21,23,32H,7-8,13-14,28H2,1-3H3,(H2,29,33)/t20-,21-,23-/m0/s1. The molecule has 3 atom stereocenters. The third kappa shape index (κ3) is 6.36. The third-order valence-corrected chi connectivity index (χ3v) is 6.61. The molecule has 0 saturated heterocycles. The SMILES string of the molecule is Cc1cc(C[C@@H](C(N)=O)N(C)C(=O)[C@H](C2CC2)N(C)C(=O)[C@@H](N)Cc2ccc(F)cc2)ccc1O. The first kappa shape index (κ1) is 26.2. The number of phenolic OH excluding ortho intramolecular Hbond substituents is 1. The zero-order valence-corrected chi connectivity index (χ0v) is 20.3. The molecule has 3 amide bonds. The van der Waals surface area contributed by atoms with Crippen LogP contribution in [0.2, 0.25) is 0 Å². The van der Waals surface area contributed by atoms with Gasteiger partial charge < -0.3 is 26.4 Å². The Kier molecular flexibility index (Phi) is 8.11. The molecule has 9 heteroatoms. The van der Waals surface area contributed by atoms with Crippen LogP contribution in [0, 0.1) is 18.7 Å². The predicted octanol–water partition coefficient (Wildman–Crippen LogP) is 1.50. The number of halogens is 1. The van der Waals surface area contributed by atoms with E-state index in [-0.39, 0.29) is 36.2 Å². The maximum Gasteiger partial charge on any atom is 0.246 e. The van der Waals surface area contributed by atoms with E-state index in [9.17, 15) is 23.9 Å². The minimum absolute atomic E-state index is 0.0265. The van der Waals surface area contributed by atoms with Gasteiger partial charge in [0.2, 0.25) is 17.7 Å². The van der Waals surface area contributed by atoms with Gasteiger partial charge in [0.25, 0.3) is 0 Å². The van der Waals surface area contributed by atoms with Crippen molar-refractivity contribution in [3.05, 3.63) is 65.0 Å². The Morgan fingerprint density at radius 3 is 2.14 bits per heavy atom. The smallest absolute Gasteiger partial charge is 0.246 e. The lowest BCUT2D eigenvalue weighted by Gasteiger charge is -2.35. The number of benzene rings is 2. The molecule has 35 heavy (non-hydrogen) atoms. The maximum absolute atomic E-state index is 13.5. The Labute approximate surface area is 204 Å². The van der Waals surface area contributed by atoms with Crippen molar-refractivity contribution in [1.82, 2.24) is 9.80 Å². The van der Waals surface area contributed by atoms with Gasteiger partial charge in [0, 0.05) is 20.5 Å². The highest BCUT2D eigenvalue weighted by Gasteiger charge is 2.44. The number of aryl methyl sites for hydroxylation is 1. The molecule has 0 bridgehead atoms. The summed E-state index contributed by atoms with van der Waals surface area (Å²) in [6.45, 7) is 1.74. The molecule has 188 valence electrons. The largest absolute Gasteiger partial charge is 0.508 e. The molecule has 1 fully saturated rings. The number of rotatable bonds is 10. The molecular weight excluding hydrogens is 451 g/mol. The molecular formula is C26H33FN4O4. The zero-order valence-electron chi connectivity index (χ0n) is 20.3. The highest BCUT2D eigenvalue weighted by molar-refractivity contribution is 5.93. The lowest BCUT2D eigenvalue weighted by molar-refractivity contribution is -0.148. The summed E-state index contributed by atoms with van der Waals surface area (Å²) in [4.78, 5) is 41.6. The fourth-order valence-corrected chi connectivity index (χ4v) is 4.31. The van der Waals surface area contributed by atoms with E-state index in [2.05, 4.69) is 0 Å². The van der Waals surface area contributed by atoms with E-state index in [1.54, 1.807) is 38.2 Å². The molecule has 8 nitrogen and oxygen atoms in total. The van der Waals surface area contributed by atoms with Crippen molar-refractivity contribution < 1.29 is 23.9 Å². The average molecular weight is 485 g/mol. The zero-order chi connectivity index (χ0) is 25.9. The highest BCUT2D eigenvalue weighted by Crippen LogP contribution is 2.36. The van der Waals surface area contributed by atoms with E-state index < -0.39 is 29.9 Å². The van der Waals surface area contributed by atoms with Gasteiger partial charge in [0.15, 0.2) is 0 Å². The van der Waals surface area contributed by atoms with Crippen molar-refractivity contribution >= 4 is 17.7 Å². The van der Waals surface area contributed by atoms with Gasteiger partial charge in [0.1, 0.15) is 23.7 Å². The number of nitrogens with zero attached hydrogens (tertiary/aromatic N) is 2. The molecule has 5 N–H and O–H groups in total. The molecule has 1 aliphatic carbocycles. The fraction of sp³-hybridized carbons (Fsp3) is 0.423. The number of carbonyl (C=O) groups excluding carboxylic acids is 3. The lowest BCUT2D eigenvalue weighted by atomic mass is 10.00. The molecule has 0 heterocycles. The van der Waals surface area contributed by atoms with Gasteiger partial charge >= 0.3 is 0 Å². The van der Waals surface area contributed by atoms with Crippen LogP contribution < -0.4 is 11.5 Å². The Morgan fingerprint density at radius 2 is 1.60 bits per heavy atom. The average Bonchev–Trinajstić information content (AvgIpc) is 3.65. The van der Waals surface area contributed by atoms with E-state index in [4.69, 9.17) is 11.5 Å². The number of carbonyl (C=O) groups is 3. The maximum atomic E-state index is 13.5. The summed E-state index contributed by atoms with van der Waals surface area (Å²) in [5.41, 5.74) is 13.9. The summed E-state index contributed by atoms with van der Waals surface area (Å²) in [6.07, 6.45) is 1.95. The van der Waals surface area contributed by atoms with E-state index in [1.165, 1.54) is 35.0 Å². The molecule has 0 aromatic heterocycles. The summed E-state index contributed by atoms with van der Waals surface area (Å²) in [5, 5.41) is 9.77. The molecule has 2 aromatic rings. The summed E-state index contributed by atoms with van der Waals surface area (Å²) in [5.74, 6) is -1.71. The Bertz CT molecular complexity index is 1090. The van der Waals surface area contributed by atoms with Crippen molar-refractivity contribution in [3.63, 3.8) is 0 Å². The van der Waals surface area contributed by atoms with Crippen LogP contribution in [0.4, 0.5) is 4.39 Å². The van der Waals surface area contributed by atoms with Crippen LogP contribution in [0.15, 0.2) is 42.5 Å². The second kappa shape index (κ2) is 10.9. The van der Waals surface area contributed by atoms with Gasteiger partial charge in [-0.15, -0.1) is 0 Å². The van der Waals surface area contributed by atoms with Gasteiger partial charge in [0.05, 0.1) is 6.04 Å². The molecule has 2 aromatic carbocycles. The Balaban J connectivity index is 1.75. The summed E-state index contributed by atoms with van der Waals surface area (Å²) >= 11 is 0. The van der Waals surface area contributed by atoms with Crippen LogP contribution in [-0.2, 0) is 27.2 Å². The molecule has 0 spiro atoms. The first-order valence-electron chi connectivity index (χ1n) is 11.6. The monoisotopic (exact) mass is 484 g/mol. The molecule has 3 rings (SSSR count). The van der Waals surface area contributed by atoms with Gasteiger partial charge in [-0.1, -0.05) is 24.3 Å². The predicted molar refractivity (Wildman–Crippen MR) is 130 cm³/mol. The number of phenols is 1. The number of hydrogen-bond donors (Lipinski definition) is 3. The van der Waals surface area contributed by atoms with Crippen molar-refractivity contribution in [2.24, 2.45) is 17.4 Å². The normalized spacial score (nSPS) is 15.7. The van der Waals surface area contributed by atoms with Crippen molar-refractivity contribution in [1.29, 1.82) is 0 Å². The van der Waals surface area contributed by atoms with Crippen molar-refractivity contribution in [2.45, 2.75) is 50.7 Å². The second-order valence-corrected chi connectivity index (χ2v) is 9.36. The first-order chi connectivity index (χ1) is 16.5. The van der Waals surface area contributed by atoms with Crippen molar-refractivity contribution in [2.75, 3.05) is 14.1 Å². The minimum Gasteiger partial charge on any atom is -0.508 e.